The van der Waals surface area contributed by atoms with Crippen molar-refractivity contribution in [2.45, 2.75) is 6.92 Å². The average Bonchev–Trinajstić information content (AvgIpc) is 2.56. The number of hydrogen-bond donors (Lipinski definition) is 2. The first-order valence-electron chi connectivity index (χ1n) is 7.39. The molecule has 0 spiro atoms. The number of nitrogens with zero attached hydrogens (tertiary/aromatic N) is 1. The Balaban J connectivity index is 0.000000254. The van der Waals surface area contributed by atoms with Crippen LogP contribution in [-0.2, 0) is 4.74 Å². The lowest BCUT2D eigenvalue weighted by Gasteiger charge is -2.12. The maximum Gasteiger partial charge on any atom is 0.338 e. The number of benzene rings is 2. The Hall–Kier alpha value is -3.02. The van der Waals surface area contributed by atoms with Gasteiger partial charge in [0.15, 0.2) is 0 Å². The summed E-state index contributed by atoms with van der Waals surface area (Å²) < 4.78 is 4.88. The summed E-state index contributed by atoms with van der Waals surface area (Å²) in [6.07, 6.45) is 0. The maximum absolute atomic E-state index is 11.3. The Bertz CT molecular complexity index is 682. The predicted octanol–water partition coefficient (Wildman–Crippen LogP) is 2.90. The Morgan fingerprint density at radius 1 is 1.08 bits per heavy atom. The molecule has 128 valence electrons. The molecule has 0 unspecified atom stereocenters. The van der Waals surface area contributed by atoms with E-state index >= 15 is 0 Å². The summed E-state index contributed by atoms with van der Waals surface area (Å²) in [6.45, 7) is 2.21. The molecule has 0 saturated carbocycles. The van der Waals surface area contributed by atoms with Crippen molar-refractivity contribution >= 4 is 23.3 Å². The summed E-state index contributed by atoms with van der Waals surface area (Å²) in [5.41, 5.74) is 7.46. The van der Waals surface area contributed by atoms with Gasteiger partial charge in [-0.3, -0.25) is 0 Å². The van der Waals surface area contributed by atoms with E-state index < -0.39 is 5.97 Å². The van der Waals surface area contributed by atoms with E-state index in [-0.39, 0.29) is 11.5 Å². The summed E-state index contributed by atoms with van der Waals surface area (Å²) >= 11 is 0. The van der Waals surface area contributed by atoms with Crippen LogP contribution in [0.4, 0.5) is 11.4 Å². The van der Waals surface area contributed by atoms with Crippen LogP contribution in [0.2, 0.25) is 0 Å². The number of aromatic carboxylic acids is 1. The van der Waals surface area contributed by atoms with Crippen molar-refractivity contribution in [1.82, 2.24) is 0 Å². The van der Waals surface area contributed by atoms with E-state index in [1.165, 1.54) is 6.07 Å². The Labute approximate surface area is 141 Å². The zero-order chi connectivity index (χ0) is 18.1. The van der Waals surface area contributed by atoms with Crippen LogP contribution in [0.15, 0.2) is 48.5 Å². The minimum absolute atomic E-state index is 0.155. The maximum atomic E-state index is 11.3. The van der Waals surface area contributed by atoms with E-state index in [0.29, 0.717) is 17.9 Å². The molecular formula is C18H22N2O4. The third kappa shape index (κ3) is 5.64. The van der Waals surface area contributed by atoms with E-state index in [4.69, 9.17) is 15.6 Å². The molecule has 2 aromatic rings. The number of ether oxygens (including phenoxy) is 1. The first kappa shape index (κ1) is 19.0. The molecule has 0 aromatic heterocycles. The lowest BCUT2D eigenvalue weighted by Crippen LogP contribution is -2.09. The number of carbonyl (C=O) groups excluding carboxylic acids is 1. The van der Waals surface area contributed by atoms with Gasteiger partial charge in [0, 0.05) is 25.5 Å². The summed E-state index contributed by atoms with van der Waals surface area (Å²) in [5, 5.41) is 8.49. The fraction of sp³-hybridized carbons (Fsp3) is 0.222. The van der Waals surface area contributed by atoms with E-state index in [9.17, 15) is 9.59 Å². The Morgan fingerprint density at radius 2 is 1.67 bits per heavy atom. The minimum Gasteiger partial charge on any atom is -0.478 e. The Morgan fingerprint density at radius 3 is 2.08 bits per heavy atom. The zero-order valence-corrected chi connectivity index (χ0v) is 14.0. The molecule has 3 N–H and O–H groups in total. The highest BCUT2D eigenvalue weighted by atomic mass is 16.5. The topological polar surface area (TPSA) is 92.9 Å². The summed E-state index contributed by atoms with van der Waals surface area (Å²) in [6, 6.07) is 13.7. The van der Waals surface area contributed by atoms with E-state index in [0.717, 1.165) is 5.69 Å². The van der Waals surface area contributed by atoms with Crippen molar-refractivity contribution in [3.63, 3.8) is 0 Å². The van der Waals surface area contributed by atoms with Crippen molar-refractivity contribution in [2.24, 2.45) is 0 Å². The molecule has 6 heteroatoms. The van der Waals surface area contributed by atoms with Gasteiger partial charge in [0.2, 0.25) is 0 Å². The molecule has 0 aliphatic carbocycles. The number of carboxylic acid groups (broad SMARTS) is 1. The van der Waals surface area contributed by atoms with Gasteiger partial charge < -0.3 is 20.5 Å². The molecule has 0 heterocycles. The van der Waals surface area contributed by atoms with Crippen molar-refractivity contribution in [3.05, 3.63) is 59.7 Å². The highest BCUT2D eigenvalue weighted by Gasteiger charge is 2.05. The summed E-state index contributed by atoms with van der Waals surface area (Å²) in [5.74, 6) is -1.25. The second-order valence-electron chi connectivity index (χ2n) is 5.05. The van der Waals surface area contributed by atoms with Crippen molar-refractivity contribution in [1.29, 1.82) is 0 Å². The van der Waals surface area contributed by atoms with Gasteiger partial charge in [-0.2, -0.15) is 0 Å². The van der Waals surface area contributed by atoms with Crippen LogP contribution in [0, 0.1) is 0 Å². The second-order valence-corrected chi connectivity index (χ2v) is 5.05. The third-order valence-corrected chi connectivity index (χ3v) is 3.09. The highest BCUT2D eigenvalue weighted by molar-refractivity contribution is 5.93. The smallest absolute Gasteiger partial charge is 0.338 e. The first-order valence-corrected chi connectivity index (χ1v) is 7.39. The fourth-order valence-electron chi connectivity index (χ4n) is 1.80. The molecule has 2 aromatic carbocycles. The van der Waals surface area contributed by atoms with Crippen LogP contribution in [0.5, 0.6) is 0 Å². The molecule has 0 saturated heterocycles. The van der Waals surface area contributed by atoms with Crippen LogP contribution in [0.25, 0.3) is 0 Å². The molecule has 0 fully saturated rings. The molecule has 0 aliphatic heterocycles. The quantitative estimate of drug-likeness (QED) is 0.661. The van der Waals surface area contributed by atoms with Crippen molar-refractivity contribution in [3.8, 4) is 0 Å². The number of carboxylic acids is 1. The van der Waals surface area contributed by atoms with Crippen LogP contribution in [0.1, 0.15) is 27.6 Å². The monoisotopic (exact) mass is 330 g/mol. The third-order valence-electron chi connectivity index (χ3n) is 3.09. The standard InChI is InChI=1S/C11H15NO2.C7H7NO2/c1-4-14-11(13)9-5-7-10(8-6-9)12(2)3;8-6-4-2-1-3-5(6)7(9)10/h5-8H,4H2,1-3H3;1-4H,8H2,(H,9,10). The predicted molar refractivity (Wildman–Crippen MR) is 94.5 cm³/mol. The molecule has 0 bridgehead atoms. The summed E-state index contributed by atoms with van der Waals surface area (Å²) in [7, 11) is 3.92. The number of nitrogens with two attached hydrogens (primary N) is 1. The van der Waals surface area contributed by atoms with Crippen molar-refractivity contribution in [2.75, 3.05) is 31.3 Å². The van der Waals surface area contributed by atoms with Gasteiger partial charge >= 0.3 is 11.9 Å². The van der Waals surface area contributed by atoms with E-state index in [1.54, 1.807) is 37.3 Å². The number of esters is 1. The van der Waals surface area contributed by atoms with Gasteiger partial charge in [-0.25, -0.2) is 9.59 Å². The minimum atomic E-state index is -0.988. The Kier molecular flexibility index (Phi) is 7.29. The van der Waals surface area contributed by atoms with E-state index in [2.05, 4.69) is 0 Å². The number of nitrogen functional groups attached to an aromatic ring is 1. The SMILES string of the molecule is CCOC(=O)c1ccc(N(C)C)cc1.Nc1ccccc1C(=O)O. The number of carbonyl (C=O) groups is 2. The fourth-order valence-corrected chi connectivity index (χ4v) is 1.80. The van der Waals surface area contributed by atoms with Crippen LogP contribution >= 0.6 is 0 Å². The molecule has 24 heavy (non-hydrogen) atoms. The van der Waals surface area contributed by atoms with Crippen LogP contribution in [-0.4, -0.2) is 37.7 Å². The molecule has 0 atom stereocenters. The number of rotatable bonds is 4. The number of para-hydroxylation sites is 1. The van der Waals surface area contributed by atoms with Gasteiger partial charge in [-0.1, -0.05) is 12.1 Å². The molecule has 0 radical (unpaired) electrons. The normalized spacial score (nSPS) is 9.46. The molecular weight excluding hydrogens is 308 g/mol. The van der Waals surface area contributed by atoms with E-state index in [1.807, 2.05) is 31.1 Å². The summed E-state index contributed by atoms with van der Waals surface area (Å²) in [4.78, 5) is 23.6. The molecule has 6 nitrogen and oxygen atoms in total. The first-order chi connectivity index (χ1) is 11.4. The van der Waals surface area contributed by atoms with Gasteiger partial charge in [0.05, 0.1) is 17.7 Å². The van der Waals surface area contributed by atoms with Crippen LogP contribution < -0.4 is 10.6 Å². The van der Waals surface area contributed by atoms with Gasteiger partial charge in [0.1, 0.15) is 0 Å². The lowest BCUT2D eigenvalue weighted by atomic mass is 10.2. The highest BCUT2D eigenvalue weighted by Crippen LogP contribution is 2.12. The average molecular weight is 330 g/mol. The van der Waals surface area contributed by atoms with Gasteiger partial charge in [-0.05, 0) is 43.3 Å². The largest absolute Gasteiger partial charge is 0.478 e. The van der Waals surface area contributed by atoms with Crippen molar-refractivity contribution < 1.29 is 19.4 Å². The lowest BCUT2D eigenvalue weighted by molar-refractivity contribution is 0.0526. The van der Waals surface area contributed by atoms with Crippen LogP contribution in [0.3, 0.4) is 0 Å². The van der Waals surface area contributed by atoms with Gasteiger partial charge in [0.25, 0.3) is 0 Å². The van der Waals surface area contributed by atoms with Gasteiger partial charge in [-0.15, -0.1) is 0 Å². The second kappa shape index (κ2) is 9.19. The number of hydrogen-bond acceptors (Lipinski definition) is 5. The number of anilines is 2. The zero-order valence-electron chi connectivity index (χ0n) is 14.0. The molecule has 0 amide bonds. The molecule has 0 aliphatic rings. The molecule has 2 rings (SSSR count).